The molecular formula is C14H17ClN2O2. The van der Waals surface area contributed by atoms with Crippen LogP contribution < -0.4 is 4.74 Å². The molecule has 2 rings (SSSR count). The summed E-state index contributed by atoms with van der Waals surface area (Å²) in [5, 5.41) is 14.5. The zero-order valence-electron chi connectivity index (χ0n) is 11.0. The summed E-state index contributed by atoms with van der Waals surface area (Å²) >= 11 is 5.92. The molecule has 0 saturated heterocycles. The number of aryl methyl sites for hydroxylation is 1. The van der Waals surface area contributed by atoms with Gasteiger partial charge in [-0.3, -0.25) is 4.68 Å². The first kappa shape index (κ1) is 13.9. The maximum absolute atomic E-state index is 9.71. The molecule has 1 heterocycles. The average molecular weight is 281 g/mol. The molecule has 0 spiro atoms. The van der Waals surface area contributed by atoms with E-state index in [1.165, 1.54) is 0 Å². The van der Waals surface area contributed by atoms with Crippen molar-refractivity contribution in [3.05, 3.63) is 46.7 Å². The van der Waals surface area contributed by atoms with Crippen LogP contribution in [0.4, 0.5) is 0 Å². The molecule has 0 amide bonds. The van der Waals surface area contributed by atoms with Crippen LogP contribution in [0.5, 0.6) is 5.75 Å². The van der Waals surface area contributed by atoms with E-state index in [0.717, 1.165) is 12.1 Å². The van der Waals surface area contributed by atoms with E-state index in [1.807, 2.05) is 17.8 Å². The minimum absolute atomic E-state index is 0.418. The lowest BCUT2D eigenvalue weighted by Gasteiger charge is -2.13. The Morgan fingerprint density at radius 3 is 2.89 bits per heavy atom. The summed E-state index contributed by atoms with van der Waals surface area (Å²) in [5.74, 6) is 0.642. The third-order valence-electron chi connectivity index (χ3n) is 2.83. The first-order valence-electron chi connectivity index (χ1n) is 6.21. The Morgan fingerprint density at radius 1 is 1.47 bits per heavy atom. The van der Waals surface area contributed by atoms with Gasteiger partial charge in [0.25, 0.3) is 0 Å². The number of ether oxygens (including phenoxy) is 1. The van der Waals surface area contributed by atoms with Crippen molar-refractivity contribution in [3.63, 3.8) is 0 Å². The number of aliphatic hydroxyl groups excluding tert-OH is 1. The van der Waals surface area contributed by atoms with E-state index in [9.17, 15) is 5.11 Å². The Balaban J connectivity index is 2.10. The molecule has 1 N–H and O–H groups in total. The average Bonchev–Trinajstić information content (AvgIpc) is 2.85. The van der Waals surface area contributed by atoms with Gasteiger partial charge in [-0.15, -0.1) is 0 Å². The highest BCUT2D eigenvalue weighted by molar-refractivity contribution is 6.30. The van der Waals surface area contributed by atoms with Crippen molar-refractivity contribution < 1.29 is 9.84 Å². The van der Waals surface area contributed by atoms with Gasteiger partial charge in [-0.25, -0.2) is 0 Å². The van der Waals surface area contributed by atoms with Gasteiger partial charge in [0.2, 0.25) is 0 Å². The summed E-state index contributed by atoms with van der Waals surface area (Å²) in [6, 6.07) is 5.24. The van der Waals surface area contributed by atoms with Gasteiger partial charge in [0.05, 0.1) is 12.3 Å². The summed E-state index contributed by atoms with van der Waals surface area (Å²) in [6.07, 6.45) is 3.10. The molecule has 5 heteroatoms. The maximum Gasteiger partial charge on any atom is 0.125 e. The molecule has 2 aromatic rings. The molecule has 0 fully saturated rings. The summed E-state index contributed by atoms with van der Waals surface area (Å²) in [5.41, 5.74) is 1.68. The number of nitrogens with zero attached hydrogens (tertiary/aromatic N) is 2. The molecule has 19 heavy (non-hydrogen) atoms. The number of rotatable bonds is 5. The number of halogens is 1. The highest BCUT2D eigenvalue weighted by Crippen LogP contribution is 2.28. The predicted molar refractivity (Wildman–Crippen MR) is 74.3 cm³/mol. The predicted octanol–water partition coefficient (Wildman–Crippen LogP) is 3.19. The van der Waals surface area contributed by atoms with Gasteiger partial charge < -0.3 is 9.84 Å². The first-order valence-corrected chi connectivity index (χ1v) is 6.59. The third-order valence-corrected chi connectivity index (χ3v) is 3.06. The van der Waals surface area contributed by atoms with E-state index in [2.05, 4.69) is 5.10 Å². The summed E-state index contributed by atoms with van der Waals surface area (Å²) < 4.78 is 7.57. The molecular weight excluding hydrogens is 264 g/mol. The van der Waals surface area contributed by atoms with E-state index in [1.54, 1.807) is 31.3 Å². The fraction of sp³-hybridized carbons (Fsp3) is 0.357. The maximum atomic E-state index is 9.71. The highest BCUT2D eigenvalue weighted by atomic mass is 35.5. The van der Waals surface area contributed by atoms with Crippen LogP contribution in [0.15, 0.2) is 30.6 Å². The van der Waals surface area contributed by atoms with Crippen molar-refractivity contribution in [2.45, 2.75) is 33.1 Å². The van der Waals surface area contributed by atoms with Crippen LogP contribution in [0, 0.1) is 0 Å². The Morgan fingerprint density at radius 2 is 2.26 bits per heavy atom. The van der Waals surface area contributed by atoms with Crippen molar-refractivity contribution in [2.24, 2.45) is 0 Å². The Kier molecular flexibility index (Phi) is 4.45. The van der Waals surface area contributed by atoms with E-state index in [4.69, 9.17) is 16.3 Å². The van der Waals surface area contributed by atoms with Crippen LogP contribution in [-0.4, -0.2) is 14.9 Å². The van der Waals surface area contributed by atoms with Crippen LogP contribution in [-0.2, 0) is 13.2 Å². The molecule has 0 aliphatic heterocycles. The number of hydrogen-bond acceptors (Lipinski definition) is 3. The molecule has 1 aromatic carbocycles. The van der Waals surface area contributed by atoms with Gasteiger partial charge in [0.15, 0.2) is 0 Å². The lowest BCUT2D eigenvalue weighted by Crippen LogP contribution is -2.00. The van der Waals surface area contributed by atoms with Gasteiger partial charge in [0.1, 0.15) is 12.4 Å². The van der Waals surface area contributed by atoms with Gasteiger partial charge in [-0.2, -0.15) is 5.10 Å². The summed E-state index contributed by atoms with van der Waals surface area (Å²) in [7, 11) is 0. The lowest BCUT2D eigenvalue weighted by molar-refractivity contribution is 0.190. The van der Waals surface area contributed by atoms with Gasteiger partial charge in [-0.05, 0) is 32.0 Å². The normalized spacial score (nSPS) is 12.4. The number of aromatic nitrogens is 2. The van der Waals surface area contributed by atoms with Gasteiger partial charge >= 0.3 is 0 Å². The van der Waals surface area contributed by atoms with Crippen molar-refractivity contribution in [1.82, 2.24) is 9.78 Å². The molecule has 1 atom stereocenters. The summed E-state index contributed by atoms with van der Waals surface area (Å²) in [4.78, 5) is 0. The van der Waals surface area contributed by atoms with Crippen LogP contribution in [0.25, 0.3) is 0 Å². The Labute approximate surface area is 117 Å². The van der Waals surface area contributed by atoms with Crippen molar-refractivity contribution in [2.75, 3.05) is 0 Å². The van der Waals surface area contributed by atoms with Crippen LogP contribution in [0.2, 0.25) is 5.02 Å². The molecule has 0 saturated carbocycles. The van der Waals surface area contributed by atoms with Crippen molar-refractivity contribution in [3.8, 4) is 5.75 Å². The second-order valence-corrected chi connectivity index (χ2v) is 4.79. The largest absolute Gasteiger partial charge is 0.488 e. The standard InChI is InChI=1S/C14H17ClN2O2/c1-3-17-8-11(7-16-17)9-19-14-5-4-12(15)6-13(14)10(2)18/h4-8,10,18H,3,9H2,1-2H3. The number of hydrogen-bond donors (Lipinski definition) is 1. The van der Waals surface area contributed by atoms with Crippen molar-refractivity contribution in [1.29, 1.82) is 0 Å². The lowest BCUT2D eigenvalue weighted by atomic mass is 10.1. The number of aliphatic hydroxyl groups is 1. The van der Waals surface area contributed by atoms with Crippen LogP contribution >= 0.6 is 11.6 Å². The Hall–Kier alpha value is -1.52. The SMILES string of the molecule is CCn1cc(COc2ccc(Cl)cc2C(C)O)cn1. The van der Waals surface area contributed by atoms with E-state index in [0.29, 0.717) is 22.9 Å². The monoisotopic (exact) mass is 280 g/mol. The zero-order chi connectivity index (χ0) is 13.8. The Bertz CT molecular complexity index is 552. The van der Waals surface area contributed by atoms with E-state index >= 15 is 0 Å². The minimum Gasteiger partial charge on any atom is -0.488 e. The second-order valence-electron chi connectivity index (χ2n) is 4.35. The molecule has 4 nitrogen and oxygen atoms in total. The highest BCUT2D eigenvalue weighted by Gasteiger charge is 2.10. The first-order chi connectivity index (χ1) is 9.10. The van der Waals surface area contributed by atoms with Crippen molar-refractivity contribution >= 4 is 11.6 Å². The quantitative estimate of drug-likeness (QED) is 0.915. The smallest absolute Gasteiger partial charge is 0.125 e. The fourth-order valence-electron chi connectivity index (χ4n) is 1.79. The van der Waals surface area contributed by atoms with Gasteiger partial charge in [0, 0.05) is 28.9 Å². The van der Waals surface area contributed by atoms with Gasteiger partial charge in [-0.1, -0.05) is 11.6 Å². The number of benzene rings is 1. The molecule has 1 unspecified atom stereocenters. The molecule has 0 radical (unpaired) electrons. The fourth-order valence-corrected chi connectivity index (χ4v) is 1.97. The van der Waals surface area contributed by atoms with Crippen LogP contribution in [0.1, 0.15) is 31.1 Å². The molecule has 1 aromatic heterocycles. The molecule has 0 aliphatic carbocycles. The minimum atomic E-state index is -0.618. The van der Waals surface area contributed by atoms with Crippen LogP contribution in [0.3, 0.4) is 0 Å². The second kappa shape index (κ2) is 6.08. The molecule has 0 aliphatic rings. The zero-order valence-corrected chi connectivity index (χ0v) is 11.8. The van der Waals surface area contributed by atoms with E-state index in [-0.39, 0.29) is 0 Å². The molecule has 0 bridgehead atoms. The molecule has 102 valence electrons. The topological polar surface area (TPSA) is 47.3 Å². The summed E-state index contributed by atoms with van der Waals surface area (Å²) in [6.45, 7) is 4.97. The van der Waals surface area contributed by atoms with E-state index < -0.39 is 6.10 Å². The third kappa shape index (κ3) is 3.49.